The second-order valence-corrected chi connectivity index (χ2v) is 6.26. The van der Waals surface area contributed by atoms with Gasteiger partial charge in [0.2, 0.25) is 0 Å². The molecule has 0 aliphatic rings. The van der Waals surface area contributed by atoms with E-state index in [1.54, 1.807) is 0 Å². The molecule has 100 valence electrons. The summed E-state index contributed by atoms with van der Waals surface area (Å²) in [6, 6.07) is 16.8. The van der Waals surface area contributed by atoms with Gasteiger partial charge in [0.05, 0.1) is 0 Å². The van der Waals surface area contributed by atoms with Gasteiger partial charge in [-0.05, 0) is 59.0 Å². The largest absolute Gasteiger partial charge is 0.384 e. The Kier molecular flexibility index (Phi) is 5.93. The molecule has 0 aliphatic carbocycles. The van der Waals surface area contributed by atoms with E-state index < -0.39 is 0 Å². The second-order valence-electron chi connectivity index (χ2n) is 4.49. The van der Waals surface area contributed by atoms with E-state index in [0.29, 0.717) is 0 Å². The van der Waals surface area contributed by atoms with Crippen LogP contribution < -0.4 is 5.32 Å². The zero-order valence-electron chi connectivity index (χ0n) is 10.7. The molecule has 0 fully saturated rings. The van der Waals surface area contributed by atoms with Gasteiger partial charge in [0.25, 0.3) is 0 Å². The third-order valence-electron chi connectivity index (χ3n) is 2.98. The van der Waals surface area contributed by atoms with Crippen molar-refractivity contribution < 1.29 is 0 Å². The minimum absolute atomic E-state index is 1.00. The van der Waals surface area contributed by atoms with Crippen LogP contribution in [0.4, 0.5) is 5.69 Å². The van der Waals surface area contributed by atoms with E-state index in [2.05, 4.69) is 79.6 Å². The molecule has 0 saturated carbocycles. The molecule has 2 rings (SSSR count). The van der Waals surface area contributed by atoms with Crippen molar-refractivity contribution in [1.29, 1.82) is 0 Å². The number of aryl methyl sites for hydroxylation is 1. The van der Waals surface area contributed by atoms with Gasteiger partial charge in [-0.1, -0.05) is 46.3 Å². The van der Waals surface area contributed by atoms with E-state index in [-0.39, 0.29) is 0 Å². The van der Waals surface area contributed by atoms with Gasteiger partial charge in [0, 0.05) is 21.2 Å². The summed E-state index contributed by atoms with van der Waals surface area (Å²) in [7, 11) is 0. The summed E-state index contributed by atoms with van der Waals surface area (Å²) in [5, 5.41) is 3.46. The summed E-state index contributed by atoms with van der Waals surface area (Å²) in [6.45, 7) is 1.00. The first kappa shape index (κ1) is 14.6. The smallest absolute Gasteiger partial charge is 0.0495 e. The first-order valence-electron chi connectivity index (χ1n) is 6.48. The van der Waals surface area contributed by atoms with Gasteiger partial charge in [-0.25, -0.2) is 0 Å². The topological polar surface area (TPSA) is 12.0 Å². The summed E-state index contributed by atoms with van der Waals surface area (Å²) < 4.78 is 2.21. The van der Waals surface area contributed by atoms with Crippen molar-refractivity contribution in [3.8, 4) is 0 Å². The third kappa shape index (κ3) is 5.00. The molecule has 0 spiro atoms. The van der Waals surface area contributed by atoms with Crippen molar-refractivity contribution in [3.63, 3.8) is 0 Å². The van der Waals surface area contributed by atoms with Gasteiger partial charge in [0.15, 0.2) is 0 Å². The van der Waals surface area contributed by atoms with E-state index in [1.165, 1.54) is 18.4 Å². The summed E-state index contributed by atoms with van der Waals surface area (Å²) >= 11 is 7.04. The number of unbranched alkanes of at least 4 members (excludes halogenated alkanes) is 1. The van der Waals surface area contributed by atoms with Gasteiger partial charge >= 0.3 is 0 Å². The molecule has 0 unspecified atom stereocenters. The number of hydrogen-bond donors (Lipinski definition) is 1. The molecule has 0 bridgehead atoms. The van der Waals surface area contributed by atoms with E-state index in [0.717, 1.165) is 27.6 Å². The number of anilines is 1. The van der Waals surface area contributed by atoms with Gasteiger partial charge in [-0.3, -0.25) is 0 Å². The second kappa shape index (κ2) is 7.71. The molecule has 0 heterocycles. The minimum atomic E-state index is 1.00. The van der Waals surface area contributed by atoms with Crippen LogP contribution in [-0.2, 0) is 6.42 Å². The molecule has 0 saturated heterocycles. The van der Waals surface area contributed by atoms with Crippen LogP contribution in [0.3, 0.4) is 0 Å². The summed E-state index contributed by atoms with van der Waals surface area (Å²) in [6.07, 6.45) is 3.54. The molecule has 0 radical (unpaired) electrons. The molecule has 1 N–H and O–H groups in total. The van der Waals surface area contributed by atoms with E-state index in [4.69, 9.17) is 0 Å². The maximum Gasteiger partial charge on any atom is 0.0495 e. The average Bonchev–Trinajstić information content (AvgIpc) is 2.43. The summed E-state index contributed by atoms with van der Waals surface area (Å²) in [5.74, 6) is 0. The monoisotopic (exact) mass is 381 g/mol. The van der Waals surface area contributed by atoms with Crippen LogP contribution in [0.2, 0.25) is 0 Å². The summed E-state index contributed by atoms with van der Waals surface area (Å²) in [4.78, 5) is 0. The van der Waals surface area contributed by atoms with Crippen LogP contribution in [0.15, 0.2) is 57.5 Å². The molecule has 0 atom stereocenters. The molecule has 1 nitrogen and oxygen atoms in total. The molecule has 19 heavy (non-hydrogen) atoms. The molecular formula is C16H17Br2N. The fourth-order valence-electron chi connectivity index (χ4n) is 1.95. The number of nitrogens with one attached hydrogen (secondary N) is 1. The van der Waals surface area contributed by atoms with E-state index >= 15 is 0 Å². The highest BCUT2D eigenvalue weighted by Gasteiger charge is 1.99. The summed E-state index contributed by atoms with van der Waals surface area (Å²) in [5.41, 5.74) is 2.57. The minimum Gasteiger partial charge on any atom is -0.384 e. The maximum atomic E-state index is 3.55. The first-order valence-corrected chi connectivity index (χ1v) is 8.07. The van der Waals surface area contributed by atoms with Crippen molar-refractivity contribution in [1.82, 2.24) is 0 Å². The Bertz CT molecular complexity index is 511. The van der Waals surface area contributed by atoms with Crippen molar-refractivity contribution in [3.05, 3.63) is 63.0 Å². The molecule has 2 aromatic rings. The van der Waals surface area contributed by atoms with Gasteiger partial charge in [0.1, 0.15) is 0 Å². The third-order valence-corrected chi connectivity index (χ3v) is 4.16. The van der Waals surface area contributed by atoms with Gasteiger partial charge in [-0.2, -0.15) is 0 Å². The predicted molar refractivity (Wildman–Crippen MR) is 89.7 cm³/mol. The molecule has 0 aromatic heterocycles. The van der Waals surface area contributed by atoms with Crippen LogP contribution in [0.1, 0.15) is 18.4 Å². The highest BCUT2D eigenvalue weighted by molar-refractivity contribution is 9.11. The van der Waals surface area contributed by atoms with E-state index in [9.17, 15) is 0 Å². The van der Waals surface area contributed by atoms with Crippen LogP contribution in [0, 0.1) is 0 Å². The first-order chi connectivity index (χ1) is 9.25. The lowest BCUT2D eigenvalue weighted by Crippen LogP contribution is -2.02. The van der Waals surface area contributed by atoms with Crippen molar-refractivity contribution >= 4 is 37.5 Å². The fraction of sp³-hybridized carbons (Fsp3) is 0.250. The molecule has 0 aliphatic heterocycles. The molecule has 0 amide bonds. The Balaban J connectivity index is 1.71. The number of halogens is 2. The van der Waals surface area contributed by atoms with Gasteiger partial charge < -0.3 is 5.32 Å². The lowest BCUT2D eigenvalue weighted by molar-refractivity contribution is 0.763. The quantitative estimate of drug-likeness (QED) is 0.636. The van der Waals surface area contributed by atoms with Crippen molar-refractivity contribution in [2.45, 2.75) is 19.3 Å². The number of rotatable bonds is 6. The lowest BCUT2D eigenvalue weighted by Gasteiger charge is -2.09. The molecule has 2 aromatic carbocycles. The Labute approximate surface area is 131 Å². The molecular weight excluding hydrogens is 366 g/mol. The fourth-order valence-corrected chi connectivity index (χ4v) is 2.70. The van der Waals surface area contributed by atoms with Gasteiger partial charge in [-0.15, -0.1) is 0 Å². The zero-order valence-corrected chi connectivity index (χ0v) is 13.9. The highest BCUT2D eigenvalue weighted by atomic mass is 79.9. The zero-order chi connectivity index (χ0) is 13.5. The van der Waals surface area contributed by atoms with Crippen LogP contribution in [0.25, 0.3) is 0 Å². The highest BCUT2D eigenvalue weighted by Crippen LogP contribution is 2.26. The number of hydrogen-bond acceptors (Lipinski definition) is 1. The van der Waals surface area contributed by atoms with Crippen molar-refractivity contribution in [2.24, 2.45) is 0 Å². The SMILES string of the molecule is Brc1ccc(Br)c(NCCCCc2ccccc2)c1. The Morgan fingerprint density at radius 3 is 2.47 bits per heavy atom. The Morgan fingerprint density at radius 2 is 1.68 bits per heavy atom. The average molecular weight is 383 g/mol. The maximum absolute atomic E-state index is 3.55. The normalized spacial score (nSPS) is 10.4. The van der Waals surface area contributed by atoms with Crippen LogP contribution >= 0.6 is 31.9 Å². The van der Waals surface area contributed by atoms with E-state index in [1.807, 2.05) is 6.07 Å². The lowest BCUT2D eigenvalue weighted by atomic mass is 10.1. The standard InChI is InChI=1S/C16H17Br2N/c17-14-9-10-15(18)16(12-14)19-11-5-4-8-13-6-2-1-3-7-13/h1-3,6-7,9-10,12,19H,4-5,8,11H2. The Hall–Kier alpha value is -0.800. The Morgan fingerprint density at radius 1 is 0.895 bits per heavy atom. The van der Waals surface area contributed by atoms with Crippen LogP contribution in [-0.4, -0.2) is 6.54 Å². The van der Waals surface area contributed by atoms with Crippen LogP contribution in [0.5, 0.6) is 0 Å². The predicted octanol–water partition coefficient (Wildman–Crippen LogP) is 5.65. The molecule has 3 heteroatoms. The van der Waals surface area contributed by atoms with Crippen molar-refractivity contribution in [2.75, 3.05) is 11.9 Å². The number of benzene rings is 2.